The first-order valence-corrected chi connectivity index (χ1v) is 6.77. The number of nitrogens with one attached hydrogen (secondary N) is 1. The zero-order valence-corrected chi connectivity index (χ0v) is 11.8. The summed E-state index contributed by atoms with van der Waals surface area (Å²) in [5.74, 6) is -1.89. The third-order valence-corrected chi connectivity index (χ3v) is 3.35. The standard InChI is InChI=1S/C13H17N3O6/c17-11-7-9(10(16(20)21)8-12(11)18)13(19)14-1-2-15-3-5-22-6-4-15/h7-8,17-18H,1-6H2,(H,14,19). The number of carbonyl (C=O) groups is 1. The topological polar surface area (TPSA) is 125 Å². The van der Waals surface area contributed by atoms with Crippen LogP contribution in [0, 0.1) is 10.1 Å². The van der Waals surface area contributed by atoms with E-state index in [9.17, 15) is 25.1 Å². The predicted molar refractivity (Wildman–Crippen MR) is 76.0 cm³/mol. The Bertz CT molecular complexity index is 571. The minimum atomic E-state index is -0.782. The van der Waals surface area contributed by atoms with E-state index in [0.717, 1.165) is 25.2 Å². The number of nitro benzene ring substituents is 1. The molecule has 1 fully saturated rings. The van der Waals surface area contributed by atoms with Crippen LogP contribution >= 0.6 is 0 Å². The van der Waals surface area contributed by atoms with E-state index in [4.69, 9.17) is 4.74 Å². The highest BCUT2D eigenvalue weighted by atomic mass is 16.6. The number of hydrogen-bond acceptors (Lipinski definition) is 7. The molecule has 22 heavy (non-hydrogen) atoms. The number of aromatic hydroxyl groups is 2. The van der Waals surface area contributed by atoms with Gasteiger partial charge >= 0.3 is 0 Å². The molecule has 1 aromatic carbocycles. The lowest BCUT2D eigenvalue weighted by molar-refractivity contribution is -0.385. The summed E-state index contributed by atoms with van der Waals surface area (Å²) in [5.41, 5.74) is -0.846. The van der Waals surface area contributed by atoms with Crippen molar-refractivity contribution in [3.63, 3.8) is 0 Å². The monoisotopic (exact) mass is 311 g/mol. The average molecular weight is 311 g/mol. The summed E-state index contributed by atoms with van der Waals surface area (Å²) >= 11 is 0. The van der Waals surface area contributed by atoms with E-state index in [2.05, 4.69) is 10.2 Å². The molecular weight excluding hydrogens is 294 g/mol. The van der Waals surface area contributed by atoms with Gasteiger partial charge in [-0.05, 0) is 0 Å². The van der Waals surface area contributed by atoms with Crippen molar-refractivity contribution in [2.45, 2.75) is 0 Å². The van der Waals surface area contributed by atoms with Gasteiger partial charge in [0, 0.05) is 32.2 Å². The Kier molecular flexibility index (Phi) is 5.12. The number of nitro groups is 1. The second kappa shape index (κ2) is 7.05. The van der Waals surface area contributed by atoms with Gasteiger partial charge in [-0.2, -0.15) is 0 Å². The van der Waals surface area contributed by atoms with E-state index in [1.807, 2.05) is 0 Å². The van der Waals surface area contributed by atoms with Crippen molar-refractivity contribution in [3.8, 4) is 11.5 Å². The number of hydrogen-bond donors (Lipinski definition) is 3. The molecule has 0 aromatic heterocycles. The van der Waals surface area contributed by atoms with E-state index < -0.39 is 28.0 Å². The quantitative estimate of drug-likeness (QED) is 0.399. The van der Waals surface area contributed by atoms with E-state index in [0.29, 0.717) is 26.3 Å². The molecule has 0 saturated carbocycles. The molecule has 2 rings (SSSR count). The normalized spacial score (nSPS) is 15.5. The molecule has 3 N–H and O–H groups in total. The molecule has 1 aromatic rings. The molecule has 0 radical (unpaired) electrons. The maximum absolute atomic E-state index is 12.0. The van der Waals surface area contributed by atoms with Crippen LogP contribution in [0.4, 0.5) is 5.69 Å². The van der Waals surface area contributed by atoms with Crippen LogP contribution in [0.15, 0.2) is 12.1 Å². The van der Waals surface area contributed by atoms with Crippen molar-refractivity contribution in [3.05, 3.63) is 27.8 Å². The lowest BCUT2D eigenvalue weighted by Crippen LogP contribution is -2.41. The highest BCUT2D eigenvalue weighted by Crippen LogP contribution is 2.32. The van der Waals surface area contributed by atoms with Crippen LogP contribution in [0.2, 0.25) is 0 Å². The number of amides is 1. The van der Waals surface area contributed by atoms with Crippen molar-refractivity contribution in [1.82, 2.24) is 10.2 Å². The Morgan fingerprint density at radius 3 is 2.59 bits per heavy atom. The molecule has 9 heteroatoms. The average Bonchev–Trinajstić information content (AvgIpc) is 2.50. The zero-order valence-electron chi connectivity index (χ0n) is 11.8. The SMILES string of the molecule is O=C(NCCN1CCOCC1)c1cc(O)c(O)cc1[N+](=O)[O-]. The van der Waals surface area contributed by atoms with Crippen LogP contribution in [-0.2, 0) is 4.74 Å². The molecule has 0 unspecified atom stereocenters. The second-order valence-corrected chi connectivity index (χ2v) is 4.83. The Hall–Kier alpha value is -2.39. The molecule has 1 saturated heterocycles. The van der Waals surface area contributed by atoms with Crippen molar-refractivity contribution in [1.29, 1.82) is 0 Å². The van der Waals surface area contributed by atoms with Gasteiger partial charge in [-0.15, -0.1) is 0 Å². The van der Waals surface area contributed by atoms with Gasteiger partial charge in [-0.3, -0.25) is 19.8 Å². The summed E-state index contributed by atoms with van der Waals surface area (Å²) < 4.78 is 5.21. The molecule has 1 heterocycles. The number of nitrogens with zero attached hydrogens (tertiary/aromatic N) is 2. The van der Waals surface area contributed by atoms with Crippen LogP contribution in [0.1, 0.15) is 10.4 Å². The van der Waals surface area contributed by atoms with Crippen LogP contribution < -0.4 is 5.32 Å². The molecule has 0 atom stereocenters. The number of phenolic OH excluding ortho intramolecular Hbond substituents is 2. The molecule has 0 bridgehead atoms. The maximum atomic E-state index is 12.0. The van der Waals surface area contributed by atoms with Crippen LogP contribution in [0.25, 0.3) is 0 Å². The lowest BCUT2D eigenvalue weighted by atomic mass is 10.1. The minimum absolute atomic E-state index is 0.290. The second-order valence-electron chi connectivity index (χ2n) is 4.83. The molecule has 0 spiro atoms. The fourth-order valence-corrected chi connectivity index (χ4v) is 2.15. The highest BCUT2D eigenvalue weighted by molar-refractivity contribution is 5.99. The number of ether oxygens (including phenoxy) is 1. The van der Waals surface area contributed by atoms with Crippen LogP contribution in [0.5, 0.6) is 11.5 Å². The Labute approximate surface area is 126 Å². The molecular formula is C13H17N3O6. The lowest BCUT2D eigenvalue weighted by Gasteiger charge is -2.26. The first kappa shape index (κ1) is 16.0. The zero-order chi connectivity index (χ0) is 16.1. The van der Waals surface area contributed by atoms with Gasteiger partial charge in [0.05, 0.1) is 24.2 Å². The molecule has 1 aliphatic heterocycles. The Morgan fingerprint density at radius 2 is 1.95 bits per heavy atom. The molecule has 1 aliphatic rings. The van der Waals surface area contributed by atoms with Gasteiger partial charge < -0.3 is 20.3 Å². The first-order chi connectivity index (χ1) is 10.5. The van der Waals surface area contributed by atoms with Crippen LogP contribution in [-0.4, -0.2) is 65.3 Å². The number of carbonyl (C=O) groups excluding carboxylic acids is 1. The molecule has 120 valence electrons. The van der Waals surface area contributed by atoms with Crippen molar-refractivity contribution >= 4 is 11.6 Å². The van der Waals surface area contributed by atoms with E-state index in [1.54, 1.807) is 0 Å². The molecule has 1 amide bonds. The summed E-state index contributed by atoms with van der Waals surface area (Å²) in [6.07, 6.45) is 0. The summed E-state index contributed by atoms with van der Waals surface area (Å²) in [4.78, 5) is 24.3. The van der Waals surface area contributed by atoms with Gasteiger partial charge in [0.1, 0.15) is 5.56 Å². The minimum Gasteiger partial charge on any atom is -0.504 e. The van der Waals surface area contributed by atoms with E-state index in [1.165, 1.54) is 0 Å². The molecule has 0 aliphatic carbocycles. The van der Waals surface area contributed by atoms with Gasteiger partial charge in [-0.1, -0.05) is 0 Å². The van der Waals surface area contributed by atoms with Gasteiger partial charge in [0.25, 0.3) is 11.6 Å². The number of morpholine rings is 1. The van der Waals surface area contributed by atoms with Gasteiger partial charge in [0.15, 0.2) is 11.5 Å². The summed E-state index contributed by atoms with van der Waals surface area (Å²) in [7, 11) is 0. The van der Waals surface area contributed by atoms with Crippen molar-refractivity contribution in [2.24, 2.45) is 0 Å². The summed E-state index contributed by atoms with van der Waals surface area (Å²) in [6, 6.07) is 1.64. The predicted octanol–water partition coefficient (Wildman–Crippen LogP) is 0.0680. The first-order valence-electron chi connectivity index (χ1n) is 6.77. The Balaban J connectivity index is 1.99. The fourth-order valence-electron chi connectivity index (χ4n) is 2.15. The summed E-state index contributed by atoms with van der Waals surface area (Å²) in [6.45, 7) is 3.76. The number of benzene rings is 1. The van der Waals surface area contributed by atoms with E-state index >= 15 is 0 Å². The summed E-state index contributed by atoms with van der Waals surface area (Å²) in [5, 5.41) is 32.2. The highest BCUT2D eigenvalue weighted by Gasteiger charge is 2.23. The van der Waals surface area contributed by atoms with Crippen molar-refractivity contribution < 1.29 is 24.7 Å². The smallest absolute Gasteiger partial charge is 0.286 e. The third kappa shape index (κ3) is 3.83. The number of rotatable bonds is 5. The van der Waals surface area contributed by atoms with Gasteiger partial charge in [0.2, 0.25) is 0 Å². The number of phenols is 2. The largest absolute Gasteiger partial charge is 0.504 e. The van der Waals surface area contributed by atoms with Crippen LogP contribution in [0.3, 0.4) is 0 Å². The third-order valence-electron chi connectivity index (χ3n) is 3.35. The van der Waals surface area contributed by atoms with E-state index in [-0.39, 0.29) is 5.56 Å². The Morgan fingerprint density at radius 1 is 1.32 bits per heavy atom. The fraction of sp³-hybridized carbons (Fsp3) is 0.462. The maximum Gasteiger partial charge on any atom is 0.286 e. The van der Waals surface area contributed by atoms with Gasteiger partial charge in [-0.25, -0.2) is 0 Å². The van der Waals surface area contributed by atoms with Crippen molar-refractivity contribution in [2.75, 3.05) is 39.4 Å². The molecule has 9 nitrogen and oxygen atoms in total.